The van der Waals surface area contributed by atoms with E-state index in [1.165, 1.54) is 55.4 Å². The number of nitrogens with zero attached hydrogens (tertiary/aromatic N) is 2. The molecule has 2 aliphatic rings. The van der Waals surface area contributed by atoms with Gasteiger partial charge in [0.2, 0.25) is 0 Å². The number of rotatable bonds is 9. The lowest BCUT2D eigenvalue weighted by Gasteiger charge is -2.27. The molecule has 2 aromatic heterocycles. The Balaban J connectivity index is 0.885. The molecule has 4 heterocycles. The van der Waals surface area contributed by atoms with Crippen LogP contribution in [0.3, 0.4) is 0 Å². The first-order chi connectivity index (χ1) is 17.6. The van der Waals surface area contributed by atoms with Crippen molar-refractivity contribution in [2.75, 3.05) is 52.6 Å². The van der Waals surface area contributed by atoms with Crippen molar-refractivity contribution in [3.8, 4) is 0 Å². The van der Waals surface area contributed by atoms with E-state index in [0.717, 1.165) is 65.3 Å². The van der Waals surface area contributed by atoms with Crippen LogP contribution in [0, 0.1) is 13.8 Å². The summed E-state index contributed by atoms with van der Waals surface area (Å²) < 4.78 is 11.8. The first-order valence-electron chi connectivity index (χ1n) is 13.4. The predicted molar refractivity (Wildman–Crippen MR) is 146 cm³/mol. The van der Waals surface area contributed by atoms with Gasteiger partial charge in [0.05, 0.1) is 26.4 Å². The summed E-state index contributed by atoms with van der Waals surface area (Å²) in [5, 5.41) is 2.77. The van der Waals surface area contributed by atoms with Gasteiger partial charge in [0.25, 0.3) is 0 Å². The van der Waals surface area contributed by atoms with Crippen molar-refractivity contribution >= 4 is 21.8 Å². The van der Waals surface area contributed by atoms with Gasteiger partial charge in [-0.2, -0.15) is 0 Å². The molecule has 0 radical (unpaired) electrons. The summed E-state index contributed by atoms with van der Waals surface area (Å²) >= 11 is 0. The van der Waals surface area contributed by atoms with Gasteiger partial charge in [0, 0.05) is 85.3 Å². The van der Waals surface area contributed by atoms with Crippen molar-refractivity contribution in [1.29, 1.82) is 0 Å². The molecule has 4 aromatic rings. The van der Waals surface area contributed by atoms with Crippen LogP contribution >= 0.6 is 0 Å². The molecule has 6 heteroatoms. The van der Waals surface area contributed by atoms with Crippen molar-refractivity contribution < 1.29 is 9.47 Å². The molecule has 0 amide bonds. The molecule has 2 N–H and O–H groups in total. The van der Waals surface area contributed by atoms with Gasteiger partial charge in [0.1, 0.15) is 0 Å². The Labute approximate surface area is 213 Å². The molecule has 6 nitrogen and oxygen atoms in total. The average Bonchev–Trinajstić information content (AvgIpc) is 3.42. The topological polar surface area (TPSA) is 56.5 Å². The van der Waals surface area contributed by atoms with E-state index in [9.17, 15) is 0 Å². The predicted octanol–water partition coefficient (Wildman–Crippen LogP) is 4.72. The second kappa shape index (κ2) is 10.4. The molecular formula is C30H38N4O2. The molecule has 0 atom stereocenters. The second-order valence-electron chi connectivity index (χ2n) is 10.5. The Morgan fingerprint density at radius 3 is 1.61 bits per heavy atom. The fourth-order valence-corrected chi connectivity index (χ4v) is 5.86. The van der Waals surface area contributed by atoms with E-state index in [1.54, 1.807) is 0 Å². The van der Waals surface area contributed by atoms with Crippen molar-refractivity contribution in [3.63, 3.8) is 0 Å². The SMILES string of the molecule is Cc1ccc2[nH]c3c(c2c1)CN(CCOCCOCCN1CCc2[nH]c4ccc(C)cc4c2C1)CC3. The number of hydrogen-bond acceptors (Lipinski definition) is 4. The number of hydrogen-bond donors (Lipinski definition) is 2. The summed E-state index contributed by atoms with van der Waals surface area (Å²) in [6.07, 6.45) is 2.17. The number of fused-ring (bicyclic) bond motifs is 6. The zero-order chi connectivity index (χ0) is 24.5. The van der Waals surface area contributed by atoms with Gasteiger partial charge in [-0.1, -0.05) is 23.3 Å². The van der Waals surface area contributed by atoms with Gasteiger partial charge in [-0.15, -0.1) is 0 Å². The summed E-state index contributed by atoms with van der Waals surface area (Å²) in [5.41, 5.74) is 10.9. The number of nitrogens with one attached hydrogen (secondary N) is 2. The number of benzene rings is 2. The van der Waals surface area contributed by atoms with E-state index in [0.29, 0.717) is 13.2 Å². The van der Waals surface area contributed by atoms with E-state index in [4.69, 9.17) is 9.47 Å². The van der Waals surface area contributed by atoms with E-state index < -0.39 is 0 Å². The van der Waals surface area contributed by atoms with Crippen molar-refractivity contribution in [3.05, 3.63) is 70.0 Å². The van der Waals surface area contributed by atoms with Crippen LogP contribution in [-0.4, -0.2) is 72.4 Å². The number of H-pyrrole nitrogens is 2. The van der Waals surface area contributed by atoms with Crippen LogP contribution in [0.15, 0.2) is 36.4 Å². The third kappa shape index (κ3) is 4.96. The molecule has 36 heavy (non-hydrogen) atoms. The van der Waals surface area contributed by atoms with Crippen molar-refractivity contribution in [2.24, 2.45) is 0 Å². The Morgan fingerprint density at radius 1 is 0.667 bits per heavy atom. The Hall–Kier alpha value is -2.64. The lowest BCUT2D eigenvalue weighted by molar-refractivity contribution is 0.0290. The van der Waals surface area contributed by atoms with Gasteiger partial charge in [-0.25, -0.2) is 0 Å². The normalized spacial score (nSPS) is 16.6. The number of ether oxygens (including phenoxy) is 2. The lowest BCUT2D eigenvalue weighted by Crippen LogP contribution is -2.33. The second-order valence-corrected chi connectivity index (χ2v) is 10.5. The summed E-state index contributed by atoms with van der Waals surface area (Å²) in [4.78, 5) is 12.3. The standard InChI is InChI=1S/C30H38N4O2/c1-21-3-5-27-23(17-21)25-19-33(9-7-29(25)31-27)11-13-35-15-16-36-14-12-34-10-8-30-26(20-34)24-18-22(2)4-6-28(24)32-30/h3-6,17-18,31-32H,7-16,19-20H2,1-2H3. The molecule has 2 aliphatic heterocycles. The Kier molecular flexibility index (Phi) is 6.85. The zero-order valence-corrected chi connectivity index (χ0v) is 21.7. The minimum Gasteiger partial charge on any atom is -0.378 e. The van der Waals surface area contributed by atoms with Crippen LogP contribution in [0.5, 0.6) is 0 Å². The molecule has 2 aromatic carbocycles. The molecule has 0 bridgehead atoms. The number of aromatic nitrogens is 2. The highest BCUT2D eigenvalue weighted by atomic mass is 16.5. The average molecular weight is 487 g/mol. The largest absolute Gasteiger partial charge is 0.378 e. The summed E-state index contributed by atoms with van der Waals surface area (Å²) in [6.45, 7) is 13.3. The highest BCUT2D eigenvalue weighted by molar-refractivity contribution is 5.86. The van der Waals surface area contributed by atoms with Crippen molar-refractivity contribution in [1.82, 2.24) is 19.8 Å². The minimum atomic E-state index is 0.664. The molecule has 6 rings (SSSR count). The van der Waals surface area contributed by atoms with Crippen LogP contribution in [0.1, 0.15) is 33.6 Å². The molecule has 0 aliphatic carbocycles. The summed E-state index contributed by atoms with van der Waals surface area (Å²) in [7, 11) is 0. The lowest BCUT2D eigenvalue weighted by atomic mass is 10.0. The fourth-order valence-electron chi connectivity index (χ4n) is 5.86. The highest BCUT2D eigenvalue weighted by Gasteiger charge is 2.21. The van der Waals surface area contributed by atoms with E-state index in [2.05, 4.69) is 70.0 Å². The Bertz CT molecular complexity index is 1250. The monoisotopic (exact) mass is 486 g/mol. The van der Waals surface area contributed by atoms with E-state index in [1.807, 2.05) is 0 Å². The quantitative estimate of drug-likeness (QED) is 0.336. The summed E-state index contributed by atoms with van der Waals surface area (Å²) in [6, 6.07) is 13.4. The van der Waals surface area contributed by atoms with Gasteiger partial charge < -0.3 is 19.4 Å². The van der Waals surface area contributed by atoms with E-state index in [-0.39, 0.29) is 0 Å². The highest BCUT2D eigenvalue weighted by Crippen LogP contribution is 2.29. The molecule has 0 unspecified atom stereocenters. The molecular weight excluding hydrogens is 448 g/mol. The van der Waals surface area contributed by atoms with Gasteiger partial charge in [-0.3, -0.25) is 9.80 Å². The van der Waals surface area contributed by atoms with Crippen LogP contribution in [0.25, 0.3) is 21.8 Å². The zero-order valence-electron chi connectivity index (χ0n) is 21.7. The van der Waals surface area contributed by atoms with Crippen LogP contribution in [0.2, 0.25) is 0 Å². The summed E-state index contributed by atoms with van der Waals surface area (Å²) in [5.74, 6) is 0. The fraction of sp³-hybridized carbons (Fsp3) is 0.467. The van der Waals surface area contributed by atoms with Gasteiger partial charge in [0.15, 0.2) is 0 Å². The third-order valence-corrected chi connectivity index (χ3v) is 7.90. The van der Waals surface area contributed by atoms with Gasteiger partial charge >= 0.3 is 0 Å². The maximum absolute atomic E-state index is 5.91. The molecule has 0 spiro atoms. The first-order valence-corrected chi connectivity index (χ1v) is 13.4. The van der Waals surface area contributed by atoms with Crippen LogP contribution in [-0.2, 0) is 35.4 Å². The molecule has 0 fully saturated rings. The first kappa shape index (κ1) is 23.7. The van der Waals surface area contributed by atoms with Crippen LogP contribution < -0.4 is 0 Å². The Morgan fingerprint density at radius 2 is 1.14 bits per heavy atom. The van der Waals surface area contributed by atoms with E-state index >= 15 is 0 Å². The molecule has 0 saturated heterocycles. The minimum absolute atomic E-state index is 0.664. The van der Waals surface area contributed by atoms with Crippen molar-refractivity contribution in [2.45, 2.75) is 39.8 Å². The molecule has 190 valence electrons. The number of aryl methyl sites for hydroxylation is 2. The maximum atomic E-state index is 5.91. The number of aromatic amines is 2. The maximum Gasteiger partial charge on any atom is 0.0701 e. The molecule has 0 saturated carbocycles. The van der Waals surface area contributed by atoms with Crippen LogP contribution in [0.4, 0.5) is 0 Å². The third-order valence-electron chi connectivity index (χ3n) is 7.90. The smallest absolute Gasteiger partial charge is 0.0701 e. The van der Waals surface area contributed by atoms with Gasteiger partial charge in [-0.05, 0) is 49.2 Å².